The van der Waals surface area contributed by atoms with Crippen LogP contribution in [-0.4, -0.2) is 24.6 Å². The Labute approximate surface area is 165 Å². The van der Waals surface area contributed by atoms with Crippen molar-refractivity contribution in [3.63, 3.8) is 0 Å². The summed E-state index contributed by atoms with van der Waals surface area (Å²) in [6.07, 6.45) is 1.53. The van der Waals surface area contributed by atoms with E-state index in [2.05, 4.69) is 26.1 Å². The summed E-state index contributed by atoms with van der Waals surface area (Å²) in [5, 5.41) is 8.74. The number of thioether (sulfide) groups is 1. The van der Waals surface area contributed by atoms with E-state index in [-0.39, 0.29) is 4.47 Å². The fourth-order valence-corrected chi connectivity index (χ4v) is 4.45. The molecule has 12 heteroatoms. The van der Waals surface area contributed by atoms with Crippen LogP contribution in [0.25, 0.3) is 11.6 Å². The zero-order valence-electron chi connectivity index (χ0n) is 13.7. The van der Waals surface area contributed by atoms with Crippen LogP contribution in [-0.2, 0) is 23.0 Å². The Morgan fingerprint density at radius 1 is 1.33 bits per heavy atom. The molecule has 0 radical (unpaired) electrons. The van der Waals surface area contributed by atoms with Gasteiger partial charge < -0.3 is 18.8 Å². The summed E-state index contributed by atoms with van der Waals surface area (Å²) in [7, 11) is -3.85. The number of rotatable bonds is 6. The average Bonchev–Trinajstić information content (AvgIpc) is 3.21. The number of halogens is 3. The van der Waals surface area contributed by atoms with Gasteiger partial charge in [0.15, 0.2) is 16.7 Å². The fraction of sp³-hybridized carbons (Fsp3) is 0.200. The van der Waals surface area contributed by atoms with E-state index in [0.717, 1.165) is 6.07 Å². The molecule has 3 rings (SSSR count). The molecule has 0 aliphatic rings. The highest BCUT2D eigenvalue weighted by Gasteiger charge is 2.51. The summed E-state index contributed by atoms with van der Waals surface area (Å²) in [6, 6.07) is 7.29. The van der Waals surface area contributed by atoms with E-state index in [1.54, 1.807) is 23.7 Å². The molecule has 0 amide bonds. The van der Waals surface area contributed by atoms with Crippen LogP contribution in [0.2, 0.25) is 0 Å². The van der Waals surface area contributed by atoms with Crippen molar-refractivity contribution in [3.8, 4) is 11.6 Å². The van der Waals surface area contributed by atoms with Gasteiger partial charge in [0.25, 0.3) is 0 Å². The van der Waals surface area contributed by atoms with E-state index in [9.17, 15) is 13.3 Å². The Kier molecular flexibility index (Phi) is 5.60. The molecular weight excluding hydrogens is 467 g/mol. The Bertz CT molecular complexity index is 1010. The van der Waals surface area contributed by atoms with Crippen LogP contribution in [0.4, 0.5) is 8.78 Å². The van der Waals surface area contributed by atoms with Gasteiger partial charge in [0.1, 0.15) is 0 Å². The van der Waals surface area contributed by atoms with Crippen LogP contribution >= 0.6 is 35.3 Å². The zero-order chi connectivity index (χ0) is 19.8. The highest BCUT2D eigenvalue weighted by Crippen LogP contribution is 2.60. The van der Waals surface area contributed by atoms with Crippen molar-refractivity contribution in [3.05, 3.63) is 52.2 Å². The van der Waals surface area contributed by atoms with Gasteiger partial charge in [0, 0.05) is 22.8 Å². The maximum absolute atomic E-state index is 13.9. The average molecular weight is 480 g/mol. The molecule has 0 saturated carbocycles. The van der Waals surface area contributed by atoms with Crippen LogP contribution in [0.3, 0.4) is 0 Å². The number of benzene rings is 1. The van der Waals surface area contributed by atoms with Gasteiger partial charge in [-0.3, -0.25) is 4.57 Å². The Hall–Kier alpha value is -1.52. The molecule has 2 aromatic heterocycles. The lowest BCUT2D eigenvalue weighted by molar-refractivity contribution is 0.0557. The number of alkyl halides is 2. The van der Waals surface area contributed by atoms with Gasteiger partial charge in [-0.25, -0.2) is 0 Å². The van der Waals surface area contributed by atoms with Crippen molar-refractivity contribution >= 4 is 35.3 Å². The highest BCUT2D eigenvalue weighted by atomic mass is 79.9. The maximum atomic E-state index is 13.9. The van der Waals surface area contributed by atoms with Crippen molar-refractivity contribution in [2.45, 2.75) is 16.6 Å². The molecule has 0 spiro atoms. The van der Waals surface area contributed by atoms with Gasteiger partial charge in [0.2, 0.25) is 0 Å². The minimum atomic E-state index is -5.62. The van der Waals surface area contributed by atoms with E-state index >= 15 is 0 Å². The first-order valence-corrected chi connectivity index (χ1v) is 10.8. The van der Waals surface area contributed by atoms with Crippen LogP contribution in [0.1, 0.15) is 11.1 Å². The fourth-order valence-electron chi connectivity index (χ4n) is 2.26. The van der Waals surface area contributed by atoms with E-state index in [1.807, 2.05) is 0 Å². The monoisotopic (exact) mass is 479 g/mol. The maximum Gasteiger partial charge on any atom is 0.399 e. The summed E-state index contributed by atoms with van der Waals surface area (Å²) >= 11 is 4.30. The summed E-state index contributed by atoms with van der Waals surface area (Å²) in [6.45, 7) is 0. The first-order valence-electron chi connectivity index (χ1n) is 7.39. The van der Waals surface area contributed by atoms with Crippen LogP contribution in [0.5, 0.6) is 0 Å². The lowest BCUT2D eigenvalue weighted by Crippen LogP contribution is -2.14. The van der Waals surface area contributed by atoms with Gasteiger partial charge in [0.05, 0.1) is 6.26 Å². The van der Waals surface area contributed by atoms with Crippen molar-refractivity contribution in [1.82, 2.24) is 14.8 Å². The number of hydrogen-bond acceptors (Lipinski definition) is 5. The summed E-state index contributed by atoms with van der Waals surface area (Å²) in [5.74, 6) is 1.52. The highest BCUT2D eigenvalue weighted by molar-refractivity contribution is 9.10. The summed E-state index contributed by atoms with van der Waals surface area (Å²) < 4.78 is 45.7. The van der Waals surface area contributed by atoms with Gasteiger partial charge in [-0.05, 0) is 23.8 Å². The molecule has 2 N–H and O–H groups in total. The molecule has 144 valence electrons. The predicted molar refractivity (Wildman–Crippen MR) is 98.3 cm³/mol. The van der Waals surface area contributed by atoms with E-state index in [1.165, 1.54) is 30.2 Å². The first-order chi connectivity index (χ1) is 12.6. The molecule has 1 aromatic carbocycles. The lowest BCUT2D eigenvalue weighted by atomic mass is 10.1. The minimum Gasteiger partial charge on any atom is -0.461 e. The van der Waals surface area contributed by atoms with Crippen LogP contribution in [0.15, 0.2) is 50.6 Å². The molecule has 0 unspecified atom stereocenters. The number of nitrogens with zero attached hydrogens (tertiary/aromatic N) is 3. The zero-order valence-corrected chi connectivity index (χ0v) is 17.0. The van der Waals surface area contributed by atoms with Gasteiger partial charge in [-0.15, -0.1) is 10.2 Å². The summed E-state index contributed by atoms with van der Waals surface area (Å²) in [4.78, 5) is 17.7. The molecule has 2 heterocycles. The second-order valence-electron chi connectivity index (χ2n) is 5.53. The molecule has 0 aliphatic heterocycles. The topological polar surface area (TPSA) is 101 Å². The van der Waals surface area contributed by atoms with Crippen molar-refractivity contribution in [2.24, 2.45) is 7.05 Å². The molecule has 27 heavy (non-hydrogen) atoms. The molecule has 0 fully saturated rings. The van der Waals surface area contributed by atoms with Gasteiger partial charge in [-0.2, -0.15) is 8.78 Å². The van der Waals surface area contributed by atoms with E-state index in [0.29, 0.717) is 28.1 Å². The van der Waals surface area contributed by atoms with Crippen LogP contribution in [0, 0.1) is 0 Å². The Balaban J connectivity index is 1.77. The number of furan rings is 1. The molecule has 7 nitrogen and oxygen atoms in total. The molecule has 0 saturated heterocycles. The largest absolute Gasteiger partial charge is 0.461 e. The second-order valence-corrected chi connectivity index (χ2v) is 8.98. The quantitative estimate of drug-likeness (QED) is 0.400. The van der Waals surface area contributed by atoms with E-state index < -0.39 is 18.8 Å². The normalized spacial score (nSPS) is 12.5. The van der Waals surface area contributed by atoms with Gasteiger partial charge >= 0.3 is 13.3 Å². The van der Waals surface area contributed by atoms with E-state index in [4.69, 9.17) is 14.2 Å². The third kappa shape index (κ3) is 4.02. The number of hydrogen-bond donors (Lipinski definition) is 2. The SMILES string of the molecule is Cn1c(SCc2ccc(C(F)(F)P(=O)(O)O)c(Br)c2)nnc1-c1ccco1. The first kappa shape index (κ1) is 20.2. The summed E-state index contributed by atoms with van der Waals surface area (Å²) in [5.41, 5.74) is -4.36. The minimum absolute atomic E-state index is 0.0804. The standard InChI is InChI=1S/C15H13BrF2N3O4PS/c1-21-13(12-3-2-6-25-12)19-20-14(21)27-8-9-4-5-10(11(16)7-9)15(17,18)26(22,23)24/h2-7H,8H2,1H3,(H2,22,23,24). The number of aromatic nitrogens is 3. The third-order valence-corrected chi connectivity index (χ3v) is 6.39. The Morgan fingerprint density at radius 2 is 2.07 bits per heavy atom. The lowest BCUT2D eigenvalue weighted by Gasteiger charge is -2.19. The van der Waals surface area contributed by atoms with Crippen molar-refractivity contribution < 1.29 is 27.5 Å². The smallest absolute Gasteiger partial charge is 0.399 e. The van der Waals surface area contributed by atoms with Gasteiger partial charge in [-0.1, -0.05) is 39.8 Å². The van der Waals surface area contributed by atoms with Crippen LogP contribution < -0.4 is 0 Å². The van der Waals surface area contributed by atoms with Crippen molar-refractivity contribution in [1.29, 1.82) is 0 Å². The van der Waals surface area contributed by atoms with Crippen molar-refractivity contribution in [2.75, 3.05) is 0 Å². The molecule has 0 atom stereocenters. The Morgan fingerprint density at radius 3 is 2.67 bits per heavy atom. The predicted octanol–water partition coefficient (Wildman–Crippen LogP) is 4.36. The third-order valence-electron chi connectivity index (χ3n) is 3.67. The second kappa shape index (κ2) is 7.48. The molecular formula is C15H13BrF2N3O4PS. The molecule has 0 aliphatic carbocycles. The molecule has 3 aromatic rings. The molecule has 0 bridgehead atoms.